The van der Waals surface area contributed by atoms with Crippen molar-refractivity contribution in [2.45, 2.75) is 26.2 Å². The molecule has 0 aromatic carbocycles. The minimum absolute atomic E-state index is 0.587. The van der Waals surface area contributed by atoms with E-state index >= 15 is 0 Å². The van der Waals surface area contributed by atoms with Crippen LogP contribution in [0.2, 0.25) is 0 Å². The standard InChI is InChI=1S/C13H20ClN5/c1-3-4-10(5-6-14)7-15-12-11-8-18-19(2)13(11)17-9-16-12/h8-10H,3-7H2,1-2H3,(H,15,16,17). The summed E-state index contributed by atoms with van der Waals surface area (Å²) in [4.78, 5) is 8.53. The maximum absolute atomic E-state index is 5.85. The molecule has 0 fully saturated rings. The molecule has 1 N–H and O–H groups in total. The van der Waals surface area contributed by atoms with Crippen molar-refractivity contribution in [2.75, 3.05) is 17.7 Å². The second-order valence-electron chi connectivity index (χ2n) is 4.74. The Balaban J connectivity index is 2.08. The quantitative estimate of drug-likeness (QED) is 0.793. The van der Waals surface area contributed by atoms with Crippen LogP contribution in [0.3, 0.4) is 0 Å². The lowest BCUT2D eigenvalue weighted by molar-refractivity contribution is 0.490. The van der Waals surface area contributed by atoms with Crippen molar-refractivity contribution in [3.8, 4) is 0 Å². The fourth-order valence-corrected chi connectivity index (χ4v) is 2.56. The van der Waals surface area contributed by atoms with Crippen LogP contribution in [0.1, 0.15) is 26.2 Å². The number of alkyl halides is 1. The van der Waals surface area contributed by atoms with Gasteiger partial charge in [-0.3, -0.25) is 4.68 Å². The van der Waals surface area contributed by atoms with Crippen molar-refractivity contribution in [3.63, 3.8) is 0 Å². The van der Waals surface area contributed by atoms with Crippen LogP contribution in [-0.4, -0.2) is 32.2 Å². The van der Waals surface area contributed by atoms with Crippen molar-refractivity contribution < 1.29 is 0 Å². The van der Waals surface area contributed by atoms with Gasteiger partial charge in [-0.2, -0.15) is 5.10 Å². The van der Waals surface area contributed by atoms with E-state index in [0.717, 1.165) is 29.8 Å². The van der Waals surface area contributed by atoms with Crippen LogP contribution in [0.25, 0.3) is 11.0 Å². The molecule has 0 aliphatic rings. The van der Waals surface area contributed by atoms with Crippen molar-refractivity contribution >= 4 is 28.5 Å². The van der Waals surface area contributed by atoms with Crippen LogP contribution in [0.4, 0.5) is 5.82 Å². The molecule has 19 heavy (non-hydrogen) atoms. The molecule has 2 aromatic heterocycles. The van der Waals surface area contributed by atoms with E-state index < -0.39 is 0 Å². The average molecular weight is 282 g/mol. The molecular formula is C13H20ClN5. The summed E-state index contributed by atoms with van der Waals surface area (Å²) < 4.78 is 1.75. The molecule has 0 bridgehead atoms. The molecule has 0 amide bonds. The molecule has 0 aliphatic heterocycles. The third kappa shape index (κ3) is 3.35. The SMILES string of the molecule is CCCC(CCCl)CNc1ncnc2c1cnn2C. The zero-order valence-electron chi connectivity index (χ0n) is 11.4. The maximum Gasteiger partial charge on any atom is 0.163 e. The smallest absolute Gasteiger partial charge is 0.163 e. The highest BCUT2D eigenvalue weighted by atomic mass is 35.5. The molecule has 1 unspecified atom stereocenters. The van der Waals surface area contributed by atoms with Crippen LogP contribution in [0, 0.1) is 5.92 Å². The molecule has 5 nitrogen and oxygen atoms in total. The number of anilines is 1. The van der Waals surface area contributed by atoms with Crippen molar-refractivity contribution in [1.82, 2.24) is 19.7 Å². The first-order valence-corrected chi connectivity index (χ1v) is 7.22. The molecule has 6 heteroatoms. The van der Waals surface area contributed by atoms with Gasteiger partial charge in [0.2, 0.25) is 0 Å². The van der Waals surface area contributed by atoms with Gasteiger partial charge in [-0.25, -0.2) is 9.97 Å². The summed E-state index contributed by atoms with van der Waals surface area (Å²) >= 11 is 5.85. The van der Waals surface area contributed by atoms with E-state index in [-0.39, 0.29) is 0 Å². The summed E-state index contributed by atoms with van der Waals surface area (Å²) in [6.07, 6.45) is 6.76. The summed E-state index contributed by atoms with van der Waals surface area (Å²) in [5.74, 6) is 2.15. The van der Waals surface area contributed by atoms with Crippen LogP contribution < -0.4 is 5.32 Å². The lowest BCUT2D eigenvalue weighted by Gasteiger charge is -2.16. The van der Waals surface area contributed by atoms with Gasteiger partial charge in [-0.1, -0.05) is 13.3 Å². The third-order valence-electron chi connectivity index (χ3n) is 3.30. The van der Waals surface area contributed by atoms with Gasteiger partial charge in [-0.15, -0.1) is 11.6 Å². The molecule has 2 rings (SSSR count). The zero-order chi connectivity index (χ0) is 13.7. The highest BCUT2D eigenvalue weighted by Gasteiger charge is 2.10. The first-order chi connectivity index (χ1) is 9.26. The topological polar surface area (TPSA) is 55.6 Å². The zero-order valence-corrected chi connectivity index (χ0v) is 12.2. The normalized spacial score (nSPS) is 12.8. The van der Waals surface area contributed by atoms with E-state index in [1.165, 1.54) is 12.8 Å². The van der Waals surface area contributed by atoms with Crippen LogP contribution in [-0.2, 0) is 7.05 Å². The van der Waals surface area contributed by atoms with Crippen molar-refractivity contribution in [3.05, 3.63) is 12.5 Å². The number of aryl methyl sites for hydroxylation is 1. The first-order valence-electron chi connectivity index (χ1n) is 6.68. The molecular weight excluding hydrogens is 262 g/mol. The van der Waals surface area contributed by atoms with E-state index in [1.54, 1.807) is 17.2 Å². The van der Waals surface area contributed by atoms with Gasteiger partial charge in [0, 0.05) is 19.5 Å². The van der Waals surface area contributed by atoms with Crippen molar-refractivity contribution in [1.29, 1.82) is 0 Å². The fourth-order valence-electron chi connectivity index (χ4n) is 2.25. The number of hydrogen-bond acceptors (Lipinski definition) is 4. The summed E-state index contributed by atoms with van der Waals surface area (Å²) in [6.45, 7) is 3.09. The maximum atomic E-state index is 5.85. The van der Waals surface area contributed by atoms with Gasteiger partial charge in [0.05, 0.1) is 11.6 Å². The predicted molar refractivity (Wildman–Crippen MR) is 78.5 cm³/mol. The third-order valence-corrected chi connectivity index (χ3v) is 3.52. The lowest BCUT2D eigenvalue weighted by Crippen LogP contribution is -2.15. The lowest BCUT2D eigenvalue weighted by atomic mass is 10.0. The van der Waals surface area contributed by atoms with Gasteiger partial charge in [0.25, 0.3) is 0 Å². The molecule has 0 saturated carbocycles. The monoisotopic (exact) mass is 281 g/mol. The Bertz CT molecular complexity index is 519. The molecule has 0 spiro atoms. The van der Waals surface area contributed by atoms with Gasteiger partial charge in [0.1, 0.15) is 12.1 Å². The summed E-state index contributed by atoms with van der Waals surface area (Å²) in [7, 11) is 1.88. The summed E-state index contributed by atoms with van der Waals surface area (Å²) in [5.41, 5.74) is 0.849. The molecule has 1 atom stereocenters. The second kappa shape index (κ2) is 6.70. The summed E-state index contributed by atoms with van der Waals surface area (Å²) in [5, 5.41) is 8.58. The first kappa shape index (κ1) is 14.1. The highest BCUT2D eigenvalue weighted by molar-refractivity contribution is 6.17. The number of aromatic nitrogens is 4. The van der Waals surface area contributed by atoms with Crippen LogP contribution >= 0.6 is 11.6 Å². The number of nitrogens with one attached hydrogen (secondary N) is 1. The van der Waals surface area contributed by atoms with E-state index in [2.05, 4.69) is 27.3 Å². The van der Waals surface area contributed by atoms with Gasteiger partial charge in [0.15, 0.2) is 5.65 Å². The second-order valence-corrected chi connectivity index (χ2v) is 5.12. The molecule has 0 radical (unpaired) electrons. The largest absolute Gasteiger partial charge is 0.369 e. The van der Waals surface area contributed by atoms with Gasteiger partial charge >= 0.3 is 0 Å². The molecule has 2 heterocycles. The Morgan fingerprint density at radius 2 is 2.21 bits per heavy atom. The average Bonchev–Trinajstić information content (AvgIpc) is 2.79. The molecule has 2 aromatic rings. The van der Waals surface area contributed by atoms with E-state index in [4.69, 9.17) is 11.6 Å². The van der Waals surface area contributed by atoms with Crippen LogP contribution in [0.15, 0.2) is 12.5 Å². The Hall–Kier alpha value is -1.36. The minimum Gasteiger partial charge on any atom is -0.369 e. The number of halogens is 1. The van der Waals surface area contributed by atoms with E-state index in [1.807, 2.05) is 7.05 Å². The predicted octanol–water partition coefficient (Wildman–Crippen LogP) is 2.82. The molecule has 0 saturated heterocycles. The fraction of sp³-hybridized carbons (Fsp3) is 0.615. The highest BCUT2D eigenvalue weighted by Crippen LogP contribution is 2.19. The van der Waals surface area contributed by atoms with Crippen molar-refractivity contribution in [2.24, 2.45) is 13.0 Å². The molecule has 0 aliphatic carbocycles. The Labute approximate surface area is 118 Å². The van der Waals surface area contributed by atoms with Crippen LogP contribution in [0.5, 0.6) is 0 Å². The van der Waals surface area contributed by atoms with E-state index in [9.17, 15) is 0 Å². The number of hydrogen-bond donors (Lipinski definition) is 1. The number of fused-ring (bicyclic) bond motifs is 1. The van der Waals surface area contributed by atoms with Gasteiger partial charge in [-0.05, 0) is 18.8 Å². The minimum atomic E-state index is 0.587. The Kier molecular flexibility index (Phi) is 4.96. The Morgan fingerprint density at radius 1 is 1.37 bits per heavy atom. The molecule has 104 valence electrons. The number of nitrogens with zero attached hydrogens (tertiary/aromatic N) is 4. The Morgan fingerprint density at radius 3 is 2.95 bits per heavy atom. The van der Waals surface area contributed by atoms with E-state index in [0.29, 0.717) is 11.8 Å². The summed E-state index contributed by atoms with van der Waals surface area (Å²) in [6, 6.07) is 0. The number of rotatable bonds is 7. The van der Waals surface area contributed by atoms with Gasteiger partial charge < -0.3 is 5.32 Å².